The van der Waals surface area contributed by atoms with Crippen molar-refractivity contribution in [2.45, 2.75) is 56.7 Å². The second-order valence-electron chi connectivity index (χ2n) is 10.5. The average Bonchev–Trinajstić information content (AvgIpc) is 2.88. The van der Waals surface area contributed by atoms with Gasteiger partial charge in [-0.25, -0.2) is 18.2 Å². The standard InChI is InChI=1S/C29H31F3N4O2/c1-17-11-18(13-20(33)12-17)21-5-8-34-16-26(21)36-28(37)25-4-2-3-24(35-25)27-22(30)14-19(15-23(27)31)29(32)6-9-38-10-7-29/h2-5,8,14-18,20H,6-7,9-13,33H2,1H3,(H,36,37)/t17-,18+,20+/m0/s1. The van der Waals surface area contributed by atoms with E-state index in [1.54, 1.807) is 12.4 Å². The smallest absolute Gasteiger partial charge is 0.274 e. The van der Waals surface area contributed by atoms with E-state index < -0.39 is 28.8 Å². The number of amides is 1. The first-order valence-corrected chi connectivity index (χ1v) is 13.0. The molecule has 1 aromatic carbocycles. The van der Waals surface area contributed by atoms with E-state index >= 15 is 13.2 Å². The summed E-state index contributed by atoms with van der Waals surface area (Å²) in [6, 6.07) is 8.39. The molecule has 1 aliphatic carbocycles. The molecule has 0 bridgehead atoms. The van der Waals surface area contributed by atoms with Gasteiger partial charge >= 0.3 is 0 Å². The van der Waals surface area contributed by atoms with Crippen molar-refractivity contribution in [2.75, 3.05) is 18.5 Å². The van der Waals surface area contributed by atoms with Gasteiger partial charge in [-0.3, -0.25) is 9.78 Å². The van der Waals surface area contributed by atoms with Crippen LogP contribution in [-0.2, 0) is 10.4 Å². The van der Waals surface area contributed by atoms with Crippen LogP contribution in [0.3, 0.4) is 0 Å². The summed E-state index contributed by atoms with van der Waals surface area (Å²) < 4.78 is 50.7. The van der Waals surface area contributed by atoms with Crippen molar-refractivity contribution in [3.8, 4) is 11.3 Å². The highest BCUT2D eigenvalue weighted by Crippen LogP contribution is 2.40. The normalized spacial score (nSPS) is 23.1. The molecule has 3 atom stereocenters. The van der Waals surface area contributed by atoms with Gasteiger partial charge in [-0.2, -0.15) is 0 Å². The van der Waals surface area contributed by atoms with Crippen molar-refractivity contribution in [3.05, 3.63) is 77.2 Å². The van der Waals surface area contributed by atoms with E-state index in [0.717, 1.165) is 37.0 Å². The van der Waals surface area contributed by atoms with Crippen molar-refractivity contribution < 1.29 is 22.7 Å². The fraction of sp³-hybridized carbons (Fsp3) is 0.414. The quantitative estimate of drug-likeness (QED) is 0.435. The molecule has 3 heterocycles. The number of pyridine rings is 2. The van der Waals surface area contributed by atoms with E-state index in [1.807, 2.05) is 6.07 Å². The van der Waals surface area contributed by atoms with Crippen LogP contribution in [0.25, 0.3) is 11.3 Å². The predicted molar refractivity (Wildman–Crippen MR) is 138 cm³/mol. The fourth-order valence-corrected chi connectivity index (χ4v) is 5.72. The molecule has 2 aliphatic rings. The summed E-state index contributed by atoms with van der Waals surface area (Å²) in [6.07, 6.45) is 6.06. The lowest BCUT2D eigenvalue weighted by Crippen LogP contribution is -2.31. The van der Waals surface area contributed by atoms with E-state index in [9.17, 15) is 4.79 Å². The summed E-state index contributed by atoms with van der Waals surface area (Å²) >= 11 is 0. The van der Waals surface area contributed by atoms with Gasteiger partial charge in [-0.05, 0) is 72.6 Å². The maximum absolute atomic E-state index is 15.3. The molecule has 9 heteroatoms. The molecule has 2 aromatic heterocycles. The van der Waals surface area contributed by atoms with Crippen LogP contribution in [0.5, 0.6) is 0 Å². The molecule has 5 rings (SSSR count). The van der Waals surface area contributed by atoms with Gasteiger partial charge < -0.3 is 15.8 Å². The predicted octanol–water partition coefficient (Wildman–Crippen LogP) is 5.88. The van der Waals surface area contributed by atoms with Gasteiger partial charge in [-0.1, -0.05) is 13.0 Å². The maximum atomic E-state index is 15.3. The number of alkyl halides is 1. The molecule has 6 nitrogen and oxygen atoms in total. The van der Waals surface area contributed by atoms with Gasteiger partial charge in [0.05, 0.1) is 23.1 Å². The second-order valence-corrected chi connectivity index (χ2v) is 10.5. The molecule has 3 N–H and O–H groups in total. The Balaban J connectivity index is 1.40. The average molecular weight is 525 g/mol. The third kappa shape index (κ3) is 5.44. The number of nitrogens with two attached hydrogens (primary N) is 1. The van der Waals surface area contributed by atoms with Gasteiger partial charge in [0.2, 0.25) is 0 Å². The number of carbonyl (C=O) groups excluding carboxylic acids is 1. The minimum atomic E-state index is -1.85. The first-order chi connectivity index (χ1) is 18.2. The topological polar surface area (TPSA) is 90.1 Å². The number of hydrogen-bond acceptors (Lipinski definition) is 5. The Morgan fingerprint density at radius 2 is 1.84 bits per heavy atom. The highest BCUT2D eigenvalue weighted by atomic mass is 19.1. The molecule has 1 saturated carbocycles. The van der Waals surface area contributed by atoms with Gasteiger partial charge in [0.25, 0.3) is 5.91 Å². The number of aromatic nitrogens is 2. The number of nitrogens with zero attached hydrogens (tertiary/aromatic N) is 2. The van der Waals surface area contributed by atoms with Crippen LogP contribution in [0.1, 0.15) is 66.6 Å². The number of ether oxygens (including phenoxy) is 1. The summed E-state index contributed by atoms with van der Waals surface area (Å²) in [5.41, 5.74) is 5.36. The van der Waals surface area contributed by atoms with E-state index in [1.165, 1.54) is 18.2 Å². The Hall–Kier alpha value is -3.30. The molecule has 200 valence electrons. The van der Waals surface area contributed by atoms with Gasteiger partial charge in [0.1, 0.15) is 23.0 Å². The SMILES string of the molecule is C[C@@H]1C[C@@H](N)C[C@H](c2ccncc2NC(=O)c2cccc(-c3c(F)cc(C4(F)CCOCC4)cc3F)n2)C1. The molecule has 0 radical (unpaired) electrons. The minimum absolute atomic E-state index is 0.0136. The van der Waals surface area contributed by atoms with Crippen LogP contribution in [0.15, 0.2) is 48.8 Å². The lowest BCUT2D eigenvalue weighted by atomic mass is 9.76. The lowest BCUT2D eigenvalue weighted by molar-refractivity contribution is -0.0117. The number of anilines is 1. The van der Waals surface area contributed by atoms with Crippen LogP contribution in [0, 0.1) is 17.6 Å². The largest absolute Gasteiger partial charge is 0.381 e. The van der Waals surface area contributed by atoms with E-state index in [0.29, 0.717) is 11.6 Å². The molecular formula is C29H31F3N4O2. The summed E-state index contributed by atoms with van der Waals surface area (Å²) in [5.74, 6) is -1.76. The fourth-order valence-electron chi connectivity index (χ4n) is 5.72. The molecule has 2 fully saturated rings. The van der Waals surface area contributed by atoms with Crippen molar-refractivity contribution in [3.63, 3.8) is 0 Å². The summed E-state index contributed by atoms with van der Waals surface area (Å²) in [4.78, 5) is 21.6. The van der Waals surface area contributed by atoms with Crippen molar-refractivity contribution in [1.29, 1.82) is 0 Å². The third-order valence-corrected chi connectivity index (χ3v) is 7.60. The Labute approximate surface area is 219 Å². The molecule has 3 aromatic rings. The Morgan fingerprint density at radius 3 is 2.55 bits per heavy atom. The van der Waals surface area contributed by atoms with Gasteiger partial charge in [-0.15, -0.1) is 0 Å². The van der Waals surface area contributed by atoms with Crippen LogP contribution in [-0.4, -0.2) is 35.1 Å². The number of rotatable bonds is 5. The zero-order chi connectivity index (χ0) is 26.9. The Kier molecular flexibility index (Phi) is 7.49. The molecule has 0 spiro atoms. The number of nitrogens with one attached hydrogen (secondary N) is 1. The third-order valence-electron chi connectivity index (χ3n) is 7.60. The van der Waals surface area contributed by atoms with Crippen LogP contribution in [0.4, 0.5) is 18.9 Å². The van der Waals surface area contributed by atoms with Crippen LogP contribution in [0.2, 0.25) is 0 Å². The number of halogens is 3. The number of carbonyl (C=O) groups is 1. The number of benzene rings is 1. The molecule has 1 amide bonds. The van der Waals surface area contributed by atoms with Crippen molar-refractivity contribution in [2.24, 2.45) is 11.7 Å². The van der Waals surface area contributed by atoms with E-state index in [4.69, 9.17) is 10.5 Å². The molecule has 1 aliphatic heterocycles. The second kappa shape index (κ2) is 10.8. The number of hydrogen-bond donors (Lipinski definition) is 2. The summed E-state index contributed by atoms with van der Waals surface area (Å²) in [7, 11) is 0. The molecular weight excluding hydrogens is 493 g/mol. The zero-order valence-electron chi connectivity index (χ0n) is 21.2. The monoisotopic (exact) mass is 524 g/mol. The van der Waals surface area contributed by atoms with Gasteiger partial charge in [0, 0.05) is 38.3 Å². The summed E-state index contributed by atoms with van der Waals surface area (Å²) in [6.45, 7) is 2.54. The molecule has 0 unspecified atom stereocenters. The molecule has 1 saturated heterocycles. The van der Waals surface area contributed by atoms with Crippen molar-refractivity contribution in [1.82, 2.24) is 9.97 Å². The Bertz CT molecular complexity index is 1300. The first-order valence-electron chi connectivity index (χ1n) is 13.0. The van der Waals surface area contributed by atoms with Crippen molar-refractivity contribution >= 4 is 11.6 Å². The van der Waals surface area contributed by atoms with Crippen LogP contribution >= 0.6 is 0 Å². The van der Waals surface area contributed by atoms with E-state index in [-0.39, 0.29) is 55.0 Å². The highest BCUT2D eigenvalue weighted by Gasteiger charge is 2.36. The zero-order valence-corrected chi connectivity index (χ0v) is 21.2. The lowest BCUT2D eigenvalue weighted by Gasteiger charge is -2.32. The van der Waals surface area contributed by atoms with E-state index in [2.05, 4.69) is 22.2 Å². The highest BCUT2D eigenvalue weighted by molar-refractivity contribution is 6.03. The maximum Gasteiger partial charge on any atom is 0.274 e. The summed E-state index contributed by atoms with van der Waals surface area (Å²) in [5, 5.41) is 2.87. The molecule has 38 heavy (non-hydrogen) atoms. The van der Waals surface area contributed by atoms with Gasteiger partial charge in [0.15, 0.2) is 0 Å². The Morgan fingerprint density at radius 1 is 1.11 bits per heavy atom. The van der Waals surface area contributed by atoms with Crippen LogP contribution < -0.4 is 11.1 Å². The first kappa shape index (κ1) is 26.3. The minimum Gasteiger partial charge on any atom is -0.381 e.